The van der Waals surface area contributed by atoms with Crippen LogP contribution in [0.4, 0.5) is 5.82 Å². The Morgan fingerprint density at radius 2 is 2.06 bits per heavy atom. The van der Waals surface area contributed by atoms with Crippen molar-refractivity contribution >= 4 is 43.6 Å². The molecule has 1 aromatic carbocycles. The Hall–Kier alpha value is -1.40. The van der Waals surface area contributed by atoms with E-state index in [0.29, 0.717) is 14.8 Å². The second kappa shape index (κ2) is 5.49. The fourth-order valence-corrected chi connectivity index (χ4v) is 2.05. The number of halogens is 2. The van der Waals surface area contributed by atoms with Crippen molar-refractivity contribution in [3.63, 3.8) is 0 Å². The average Bonchev–Trinajstić information content (AvgIpc) is 2.32. The highest BCUT2D eigenvalue weighted by atomic mass is 79.9. The van der Waals surface area contributed by atoms with Gasteiger partial charge in [0.25, 0.3) is 5.91 Å². The number of hydrogen-bond acceptors (Lipinski definition) is 3. The lowest BCUT2D eigenvalue weighted by molar-refractivity contribution is 0.102. The Morgan fingerprint density at radius 1 is 1.28 bits per heavy atom. The van der Waals surface area contributed by atoms with E-state index in [4.69, 9.17) is 0 Å². The molecule has 0 saturated carbocycles. The Balaban J connectivity index is 2.25. The van der Waals surface area contributed by atoms with Gasteiger partial charge < -0.3 is 10.4 Å². The van der Waals surface area contributed by atoms with Crippen molar-refractivity contribution in [1.82, 2.24) is 4.98 Å². The topological polar surface area (TPSA) is 62.2 Å². The number of anilines is 1. The highest BCUT2D eigenvalue weighted by molar-refractivity contribution is 9.10. The summed E-state index contributed by atoms with van der Waals surface area (Å²) in [5.74, 6) is -0.0989. The zero-order valence-electron chi connectivity index (χ0n) is 9.02. The molecule has 1 heterocycles. The first-order chi connectivity index (χ1) is 8.58. The lowest BCUT2D eigenvalue weighted by Gasteiger charge is -2.07. The Labute approximate surface area is 120 Å². The zero-order valence-corrected chi connectivity index (χ0v) is 12.2. The van der Waals surface area contributed by atoms with E-state index in [1.54, 1.807) is 24.4 Å². The van der Waals surface area contributed by atoms with Crippen LogP contribution in [0.5, 0.6) is 5.75 Å². The minimum atomic E-state index is -0.417. The number of amides is 1. The fourth-order valence-electron chi connectivity index (χ4n) is 1.35. The Bertz CT molecular complexity index is 602. The molecule has 1 aromatic heterocycles. The van der Waals surface area contributed by atoms with Crippen molar-refractivity contribution < 1.29 is 9.90 Å². The molecule has 6 heteroatoms. The van der Waals surface area contributed by atoms with Crippen molar-refractivity contribution in [2.75, 3.05) is 5.32 Å². The summed E-state index contributed by atoms with van der Waals surface area (Å²) >= 11 is 6.49. The van der Waals surface area contributed by atoms with Crippen molar-refractivity contribution in [3.05, 3.63) is 51.0 Å². The van der Waals surface area contributed by atoms with E-state index < -0.39 is 5.91 Å². The summed E-state index contributed by atoms with van der Waals surface area (Å²) < 4.78 is 1.38. The summed E-state index contributed by atoms with van der Waals surface area (Å²) in [4.78, 5) is 16.0. The molecule has 0 aliphatic carbocycles. The molecule has 4 nitrogen and oxygen atoms in total. The lowest BCUT2D eigenvalue weighted by atomic mass is 10.2. The number of benzene rings is 1. The summed E-state index contributed by atoms with van der Waals surface area (Å²) in [5.41, 5.74) is 0.191. The van der Waals surface area contributed by atoms with Gasteiger partial charge >= 0.3 is 0 Å². The first kappa shape index (κ1) is 13.0. The van der Waals surface area contributed by atoms with Crippen LogP contribution in [0.2, 0.25) is 0 Å². The molecule has 1 amide bonds. The maximum absolute atomic E-state index is 12.0. The van der Waals surface area contributed by atoms with Crippen LogP contribution in [0, 0.1) is 0 Å². The normalized spacial score (nSPS) is 10.1. The van der Waals surface area contributed by atoms with Crippen LogP contribution in [0.15, 0.2) is 45.5 Å². The van der Waals surface area contributed by atoms with Gasteiger partial charge in [0, 0.05) is 10.7 Å². The predicted octanol–water partition coefficient (Wildman–Crippen LogP) is 3.56. The molecule has 0 atom stereocenters. The summed E-state index contributed by atoms with van der Waals surface area (Å²) in [5, 5.41) is 12.3. The number of hydrogen-bond donors (Lipinski definition) is 2. The van der Waals surface area contributed by atoms with Crippen LogP contribution in [0.3, 0.4) is 0 Å². The van der Waals surface area contributed by atoms with Gasteiger partial charge in [0.05, 0.1) is 10.0 Å². The van der Waals surface area contributed by atoms with Gasteiger partial charge in [-0.05, 0) is 46.3 Å². The average molecular weight is 372 g/mol. The summed E-state index contributed by atoms with van der Waals surface area (Å²) in [6.07, 6.45) is 1.57. The SMILES string of the molecule is O=C(Nc1ncccc1Br)c1ccc(Br)cc1O. The van der Waals surface area contributed by atoms with E-state index in [1.807, 2.05) is 0 Å². The maximum Gasteiger partial charge on any atom is 0.260 e. The maximum atomic E-state index is 12.0. The molecular weight excluding hydrogens is 364 g/mol. The standard InChI is InChI=1S/C12H8Br2N2O2/c13-7-3-4-8(10(17)6-7)12(18)16-11-9(14)2-1-5-15-11/h1-6,17H,(H,15,16,18). The number of nitrogens with one attached hydrogen (secondary N) is 1. The number of nitrogens with zero attached hydrogens (tertiary/aromatic N) is 1. The molecule has 0 saturated heterocycles. The molecule has 0 unspecified atom stereocenters. The van der Waals surface area contributed by atoms with E-state index in [9.17, 15) is 9.90 Å². The molecule has 92 valence electrons. The minimum Gasteiger partial charge on any atom is -0.507 e. The van der Waals surface area contributed by atoms with E-state index >= 15 is 0 Å². The fraction of sp³-hybridized carbons (Fsp3) is 0. The first-order valence-electron chi connectivity index (χ1n) is 4.98. The van der Waals surface area contributed by atoms with Gasteiger partial charge in [0.1, 0.15) is 11.6 Å². The quantitative estimate of drug-likeness (QED) is 0.848. The molecule has 0 fully saturated rings. The van der Waals surface area contributed by atoms with Crippen LogP contribution in [0.1, 0.15) is 10.4 Å². The number of aromatic nitrogens is 1. The molecule has 0 bridgehead atoms. The first-order valence-corrected chi connectivity index (χ1v) is 6.57. The monoisotopic (exact) mass is 370 g/mol. The Morgan fingerprint density at radius 3 is 2.72 bits per heavy atom. The number of pyridine rings is 1. The molecule has 2 N–H and O–H groups in total. The number of rotatable bonds is 2. The van der Waals surface area contributed by atoms with Crippen molar-refractivity contribution in [2.24, 2.45) is 0 Å². The Kier molecular flexibility index (Phi) is 3.98. The van der Waals surface area contributed by atoms with Crippen LogP contribution < -0.4 is 5.32 Å². The smallest absolute Gasteiger partial charge is 0.260 e. The predicted molar refractivity (Wildman–Crippen MR) is 75.7 cm³/mol. The lowest BCUT2D eigenvalue weighted by Crippen LogP contribution is -2.13. The van der Waals surface area contributed by atoms with E-state index in [1.165, 1.54) is 12.1 Å². The van der Waals surface area contributed by atoms with Gasteiger partial charge in [-0.1, -0.05) is 15.9 Å². The van der Waals surface area contributed by atoms with Crippen LogP contribution >= 0.6 is 31.9 Å². The number of aromatic hydroxyl groups is 1. The summed E-state index contributed by atoms with van der Waals surface area (Å²) in [7, 11) is 0. The van der Waals surface area contributed by atoms with Crippen molar-refractivity contribution in [3.8, 4) is 5.75 Å². The van der Waals surface area contributed by atoms with E-state index in [-0.39, 0.29) is 11.3 Å². The largest absolute Gasteiger partial charge is 0.507 e. The third kappa shape index (κ3) is 2.88. The van der Waals surface area contributed by atoms with Crippen molar-refractivity contribution in [2.45, 2.75) is 0 Å². The van der Waals surface area contributed by atoms with Gasteiger partial charge in [-0.3, -0.25) is 4.79 Å². The van der Waals surface area contributed by atoms with Gasteiger partial charge in [-0.2, -0.15) is 0 Å². The second-order valence-electron chi connectivity index (χ2n) is 3.45. The van der Waals surface area contributed by atoms with Gasteiger partial charge in [-0.15, -0.1) is 0 Å². The van der Waals surface area contributed by atoms with Gasteiger partial charge in [0.15, 0.2) is 0 Å². The van der Waals surface area contributed by atoms with E-state index in [0.717, 1.165) is 0 Å². The number of carbonyl (C=O) groups is 1. The third-order valence-corrected chi connectivity index (χ3v) is 3.33. The van der Waals surface area contributed by atoms with Gasteiger partial charge in [-0.25, -0.2) is 4.98 Å². The number of phenolic OH excluding ortho intramolecular Hbond substituents is 1. The minimum absolute atomic E-state index is 0.0890. The van der Waals surface area contributed by atoms with Crippen LogP contribution in [0.25, 0.3) is 0 Å². The molecule has 0 aliphatic heterocycles. The van der Waals surface area contributed by atoms with Crippen molar-refractivity contribution in [1.29, 1.82) is 0 Å². The zero-order chi connectivity index (χ0) is 13.1. The second-order valence-corrected chi connectivity index (χ2v) is 5.22. The molecule has 2 rings (SSSR count). The highest BCUT2D eigenvalue weighted by Gasteiger charge is 2.13. The van der Waals surface area contributed by atoms with E-state index in [2.05, 4.69) is 42.2 Å². The molecule has 2 aromatic rings. The van der Waals surface area contributed by atoms with Gasteiger partial charge in [0.2, 0.25) is 0 Å². The molecule has 18 heavy (non-hydrogen) atoms. The van der Waals surface area contributed by atoms with Crippen LogP contribution in [-0.2, 0) is 0 Å². The highest BCUT2D eigenvalue weighted by Crippen LogP contribution is 2.24. The number of carbonyl (C=O) groups excluding carboxylic acids is 1. The molecule has 0 aliphatic rings. The summed E-state index contributed by atoms with van der Waals surface area (Å²) in [6.45, 7) is 0. The number of phenols is 1. The van der Waals surface area contributed by atoms with Crippen LogP contribution in [-0.4, -0.2) is 16.0 Å². The molecular formula is C12H8Br2N2O2. The molecule has 0 spiro atoms. The molecule has 0 radical (unpaired) electrons. The summed E-state index contributed by atoms with van der Waals surface area (Å²) in [6, 6.07) is 8.19. The third-order valence-electron chi connectivity index (χ3n) is 2.19.